The average molecular weight is 427 g/mol. The van der Waals surface area contributed by atoms with Gasteiger partial charge in [-0.2, -0.15) is 0 Å². The molecule has 126 valence electrons. The van der Waals surface area contributed by atoms with E-state index in [0.29, 0.717) is 0 Å². The van der Waals surface area contributed by atoms with Crippen LogP contribution < -0.4 is 10.6 Å². The van der Waals surface area contributed by atoms with Crippen molar-refractivity contribution >= 4 is 29.9 Å². The van der Waals surface area contributed by atoms with Crippen LogP contribution in [0.5, 0.6) is 0 Å². The third kappa shape index (κ3) is 8.06. The maximum absolute atomic E-state index is 5.32. The number of rotatable bonds is 8. The summed E-state index contributed by atoms with van der Waals surface area (Å²) in [6.07, 6.45) is 4.69. The quantitative estimate of drug-likeness (QED) is 0.293. The lowest BCUT2D eigenvalue weighted by molar-refractivity contribution is 0.507. The summed E-state index contributed by atoms with van der Waals surface area (Å²) in [5.74, 6) is 1.87. The number of aryl methyl sites for hydroxylation is 1. The first-order valence-corrected chi connectivity index (χ1v) is 7.97. The highest BCUT2D eigenvalue weighted by atomic mass is 127. The molecule has 0 atom stereocenters. The maximum Gasteiger partial charge on any atom is 0.191 e. The van der Waals surface area contributed by atoms with E-state index < -0.39 is 0 Å². The number of hydrogen-bond acceptors (Lipinski definition) is 2. The molecular formula is C18H26IN3O. The number of nitrogens with zero attached hydrogens (tertiary/aromatic N) is 1. The minimum atomic E-state index is 0. The molecule has 0 aliphatic heterocycles. The van der Waals surface area contributed by atoms with Gasteiger partial charge >= 0.3 is 0 Å². The summed E-state index contributed by atoms with van der Waals surface area (Å²) in [6, 6.07) is 14.4. The first-order valence-electron chi connectivity index (χ1n) is 7.97. The van der Waals surface area contributed by atoms with E-state index in [1.165, 1.54) is 5.56 Å². The summed E-state index contributed by atoms with van der Waals surface area (Å²) in [4.78, 5) is 4.61. The molecule has 0 fully saturated rings. The number of guanidine groups is 1. The van der Waals surface area contributed by atoms with Crippen molar-refractivity contribution in [2.75, 3.05) is 19.6 Å². The fourth-order valence-corrected chi connectivity index (χ4v) is 2.22. The molecule has 0 unspecified atom stereocenters. The standard InChI is InChI=1S/C18H25N3O.HI/c1-2-19-18(21-14-12-17-11-7-15-22-17)20-13-6-10-16-8-4-3-5-9-16;/h3-5,7-9,11,15H,2,6,10,12-14H2,1H3,(H2,19,20,21);1H. The molecule has 0 amide bonds. The van der Waals surface area contributed by atoms with Crippen molar-refractivity contribution in [1.82, 2.24) is 10.6 Å². The Kier molecular flexibility index (Phi) is 10.2. The summed E-state index contributed by atoms with van der Waals surface area (Å²) in [7, 11) is 0. The van der Waals surface area contributed by atoms with Crippen molar-refractivity contribution in [3.63, 3.8) is 0 Å². The van der Waals surface area contributed by atoms with Crippen LogP contribution in [0.1, 0.15) is 24.7 Å². The van der Waals surface area contributed by atoms with Gasteiger partial charge < -0.3 is 15.1 Å². The number of hydrogen-bond donors (Lipinski definition) is 2. The van der Waals surface area contributed by atoms with Gasteiger partial charge in [-0.3, -0.25) is 4.99 Å². The van der Waals surface area contributed by atoms with Crippen molar-refractivity contribution in [1.29, 1.82) is 0 Å². The summed E-state index contributed by atoms with van der Waals surface area (Å²) in [6.45, 7) is 4.59. The van der Waals surface area contributed by atoms with Gasteiger partial charge in [0.05, 0.1) is 6.26 Å². The second-order valence-corrected chi connectivity index (χ2v) is 5.11. The van der Waals surface area contributed by atoms with E-state index in [0.717, 1.165) is 50.6 Å². The van der Waals surface area contributed by atoms with Crippen LogP contribution in [0.2, 0.25) is 0 Å². The Morgan fingerprint density at radius 3 is 2.57 bits per heavy atom. The van der Waals surface area contributed by atoms with E-state index >= 15 is 0 Å². The Morgan fingerprint density at radius 2 is 1.87 bits per heavy atom. The first-order chi connectivity index (χ1) is 10.9. The van der Waals surface area contributed by atoms with Crippen LogP contribution in [0, 0.1) is 0 Å². The van der Waals surface area contributed by atoms with E-state index in [9.17, 15) is 0 Å². The summed E-state index contributed by atoms with van der Waals surface area (Å²) in [5, 5.41) is 6.61. The molecule has 0 spiro atoms. The van der Waals surface area contributed by atoms with E-state index in [1.54, 1.807) is 6.26 Å². The van der Waals surface area contributed by atoms with Crippen molar-refractivity contribution in [3.8, 4) is 0 Å². The summed E-state index contributed by atoms with van der Waals surface area (Å²) < 4.78 is 5.32. The van der Waals surface area contributed by atoms with Crippen LogP contribution in [0.4, 0.5) is 0 Å². The van der Waals surface area contributed by atoms with Crippen LogP contribution in [-0.2, 0) is 12.8 Å². The fraction of sp³-hybridized carbons (Fsp3) is 0.389. The number of furan rings is 1. The Balaban J connectivity index is 0.00000264. The number of aliphatic imine (C=N–C) groups is 1. The van der Waals surface area contributed by atoms with Crippen molar-refractivity contribution in [2.45, 2.75) is 26.2 Å². The molecule has 5 heteroatoms. The second-order valence-electron chi connectivity index (χ2n) is 5.11. The van der Waals surface area contributed by atoms with Gasteiger partial charge in [-0.15, -0.1) is 24.0 Å². The molecule has 1 heterocycles. The predicted molar refractivity (Wildman–Crippen MR) is 107 cm³/mol. The topological polar surface area (TPSA) is 49.6 Å². The number of halogens is 1. The Labute approximate surface area is 155 Å². The summed E-state index contributed by atoms with van der Waals surface area (Å²) >= 11 is 0. The molecule has 4 nitrogen and oxygen atoms in total. The lowest BCUT2D eigenvalue weighted by atomic mass is 10.1. The Hall–Kier alpha value is -1.50. The van der Waals surface area contributed by atoms with Crippen LogP contribution in [-0.4, -0.2) is 25.6 Å². The smallest absolute Gasteiger partial charge is 0.191 e. The molecule has 2 rings (SSSR count). The monoisotopic (exact) mass is 427 g/mol. The zero-order chi connectivity index (χ0) is 15.5. The normalized spacial score (nSPS) is 10.9. The third-order valence-corrected chi connectivity index (χ3v) is 3.32. The van der Waals surface area contributed by atoms with Gasteiger partial charge in [-0.05, 0) is 37.5 Å². The van der Waals surface area contributed by atoms with Crippen LogP contribution in [0.15, 0.2) is 58.1 Å². The SMILES string of the molecule is CCNC(=NCCCc1ccccc1)NCCc1ccco1.I. The highest BCUT2D eigenvalue weighted by molar-refractivity contribution is 14.0. The molecule has 0 bridgehead atoms. The predicted octanol–water partition coefficient (Wildman–Crippen LogP) is 3.63. The van der Waals surface area contributed by atoms with Crippen molar-refractivity contribution in [2.24, 2.45) is 4.99 Å². The van der Waals surface area contributed by atoms with Gasteiger partial charge in [-0.25, -0.2) is 0 Å². The maximum atomic E-state index is 5.32. The average Bonchev–Trinajstić information content (AvgIpc) is 3.06. The minimum absolute atomic E-state index is 0. The van der Waals surface area contributed by atoms with Gasteiger partial charge in [0.15, 0.2) is 5.96 Å². The molecular weight excluding hydrogens is 401 g/mol. The van der Waals surface area contributed by atoms with E-state index in [4.69, 9.17) is 4.42 Å². The van der Waals surface area contributed by atoms with E-state index in [-0.39, 0.29) is 24.0 Å². The zero-order valence-electron chi connectivity index (χ0n) is 13.6. The van der Waals surface area contributed by atoms with Gasteiger partial charge in [0.1, 0.15) is 5.76 Å². The fourth-order valence-electron chi connectivity index (χ4n) is 2.22. The van der Waals surface area contributed by atoms with Gasteiger partial charge in [-0.1, -0.05) is 30.3 Å². The van der Waals surface area contributed by atoms with Crippen LogP contribution >= 0.6 is 24.0 Å². The molecule has 0 aliphatic carbocycles. The van der Waals surface area contributed by atoms with Crippen LogP contribution in [0.3, 0.4) is 0 Å². The third-order valence-electron chi connectivity index (χ3n) is 3.32. The summed E-state index contributed by atoms with van der Waals surface area (Å²) in [5.41, 5.74) is 1.37. The molecule has 0 radical (unpaired) electrons. The van der Waals surface area contributed by atoms with Gasteiger partial charge in [0.25, 0.3) is 0 Å². The lowest BCUT2D eigenvalue weighted by Gasteiger charge is -2.10. The van der Waals surface area contributed by atoms with Crippen LogP contribution in [0.25, 0.3) is 0 Å². The van der Waals surface area contributed by atoms with E-state index in [2.05, 4.69) is 46.8 Å². The molecule has 23 heavy (non-hydrogen) atoms. The van der Waals surface area contributed by atoms with Crippen molar-refractivity contribution in [3.05, 3.63) is 60.1 Å². The minimum Gasteiger partial charge on any atom is -0.469 e. The number of nitrogens with one attached hydrogen (secondary N) is 2. The second kappa shape index (κ2) is 12.0. The largest absolute Gasteiger partial charge is 0.469 e. The van der Waals surface area contributed by atoms with E-state index in [1.807, 2.05) is 18.2 Å². The Morgan fingerprint density at radius 1 is 1.04 bits per heavy atom. The molecule has 0 saturated carbocycles. The molecule has 0 aliphatic rings. The lowest BCUT2D eigenvalue weighted by Crippen LogP contribution is -2.38. The Bertz CT molecular complexity index is 541. The first kappa shape index (κ1) is 19.5. The molecule has 2 N–H and O–H groups in total. The molecule has 1 aromatic heterocycles. The number of benzene rings is 1. The highest BCUT2D eigenvalue weighted by Crippen LogP contribution is 2.02. The van der Waals surface area contributed by atoms with Gasteiger partial charge in [0, 0.05) is 26.1 Å². The molecule has 1 aromatic carbocycles. The zero-order valence-corrected chi connectivity index (χ0v) is 16.0. The molecule has 0 saturated heterocycles. The van der Waals surface area contributed by atoms with Gasteiger partial charge in [0.2, 0.25) is 0 Å². The highest BCUT2D eigenvalue weighted by Gasteiger charge is 1.99. The molecule has 2 aromatic rings. The van der Waals surface area contributed by atoms with Crippen molar-refractivity contribution < 1.29 is 4.42 Å².